The standard InChI is InChI=1S/C11H15F3N2O2/c1-16-5-9(17)10(18)7-4-6(15)2-3-8(7)11(12,13)14/h2-4,9-10,16-18H,5,15H2,1H3. The van der Waals surface area contributed by atoms with Gasteiger partial charge in [-0.05, 0) is 30.8 Å². The number of hydrogen-bond acceptors (Lipinski definition) is 4. The van der Waals surface area contributed by atoms with Crippen molar-refractivity contribution in [3.05, 3.63) is 29.3 Å². The zero-order chi connectivity index (χ0) is 13.9. The monoisotopic (exact) mass is 264 g/mol. The number of nitrogen functional groups attached to an aromatic ring is 1. The molecule has 0 radical (unpaired) electrons. The summed E-state index contributed by atoms with van der Waals surface area (Å²) in [6.45, 7) is -0.0345. The lowest BCUT2D eigenvalue weighted by atomic mass is 9.97. The summed E-state index contributed by atoms with van der Waals surface area (Å²) in [5.74, 6) is 0. The number of halogens is 3. The second kappa shape index (κ2) is 5.55. The largest absolute Gasteiger partial charge is 0.416 e. The van der Waals surface area contributed by atoms with Crippen LogP contribution >= 0.6 is 0 Å². The van der Waals surface area contributed by atoms with Crippen LogP contribution in [0.5, 0.6) is 0 Å². The van der Waals surface area contributed by atoms with Crippen molar-refractivity contribution in [2.75, 3.05) is 19.3 Å². The first kappa shape index (κ1) is 14.7. The molecule has 7 heteroatoms. The van der Waals surface area contributed by atoms with E-state index < -0.39 is 29.5 Å². The van der Waals surface area contributed by atoms with E-state index in [9.17, 15) is 23.4 Å². The molecular weight excluding hydrogens is 249 g/mol. The van der Waals surface area contributed by atoms with Gasteiger partial charge in [0.2, 0.25) is 0 Å². The number of rotatable bonds is 4. The number of likely N-dealkylation sites (N-methyl/N-ethyl adjacent to an activating group) is 1. The third-order valence-electron chi connectivity index (χ3n) is 2.48. The second-order valence-electron chi connectivity index (χ2n) is 3.91. The molecule has 0 fully saturated rings. The van der Waals surface area contributed by atoms with Gasteiger partial charge in [-0.15, -0.1) is 0 Å². The van der Waals surface area contributed by atoms with Crippen molar-refractivity contribution in [3.8, 4) is 0 Å². The zero-order valence-corrected chi connectivity index (χ0v) is 9.70. The molecule has 0 aliphatic carbocycles. The lowest BCUT2D eigenvalue weighted by Crippen LogP contribution is -2.30. The van der Waals surface area contributed by atoms with E-state index in [1.165, 1.54) is 7.05 Å². The van der Waals surface area contributed by atoms with E-state index in [0.29, 0.717) is 0 Å². The minimum absolute atomic E-state index is 0.0345. The molecule has 0 amide bonds. The van der Waals surface area contributed by atoms with Crippen molar-refractivity contribution in [1.29, 1.82) is 0 Å². The van der Waals surface area contributed by atoms with Gasteiger partial charge in [-0.25, -0.2) is 0 Å². The average molecular weight is 264 g/mol. The molecule has 0 bridgehead atoms. The Morgan fingerprint density at radius 3 is 2.44 bits per heavy atom. The van der Waals surface area contributed by atoms with E-state index in [0.717, 1.165) is 18.2 Å². The van der Waals surface area contributed by atoms with Crippen molar-refractivity contribution in [1.82, 2.24) is 5.32 Å². The lowest BCUT2D eigenvalue weighted by Gasteiger charge is -2.22. The maximum absolute atomic E-state index is 12.7. The van der Waals surface area contributed by atoms with E-state index in [1.807, 2.05) is 0 Å². The first-order valence-corrected chi connectivity index (χ1v) is 5.24. The van der Waals surface area contributed by atoms with Gasteiger partial charge in [0.25, 0.3) is 0 Å². The quantitative estimate of drug-likeness (QED) is 0.609. The molecule has 0 heterocycles. The van der Waals surface area contributed by atoms with Crippen molar-refractivity contribution >= 4 is 5.69 Å². The molecule has 102 valence electrons. The van der Waals surface area contributed by atoms with Crippen LogP contribution in [0.4, 0.5) is 18.9 Å². The highest BCUT2D eigenvalue weighted by Crippen LogP contribution is 2.36. The number of aliphatic hydroxyl groups is 2. The number of aliphatic hydroxyl groups excluding tert-OH is 2. The number of anilines is 1. The van der Waals surface area contributed by atoms with Gasteiger partial charge in [-0.3, -0.25) is 0 Å². The molecule has 0 saturated heterocycles. The third kappa shape index (κ3) is 3.34. The Morgan fingerprint density at radius 2 is 1.94 bits per heavy atom. The Hall–Kier alpha value is -1.31. The summed E-state index contributed by atoms with van der Waals surface area (Å²) in [5.41, 5.74) is 4.07. The van der Waals surface area contributed by atoms with Gasteiger partial charge in [0.15, 0.2) is 0 Å². The average Bonchev–Trinajstić information content (AvgIpc) is 2.26. The summed E-state index contributed by atoms with van der Waals surface area (Å²) in [6.07, 6.45) is -7.61. The van der Waals surface area contributed by atoms with Gasteiger partial charge in [0.1, 0.15) is 6.10 Å². The molecule has 1 aromatic carbocycles. The van der Waals surface area contributed by atoms with Crippen LogP contribution in [0.15, 0.2) is 18.2 Å². The first-order valence-electron chi connectivity index (χ1n) is 5.24. The van der Waals surface area contributed by atoms with Crippen LogP contribution < -0.4 is 11.1 Å². The van der Waals surface area contributed by atoms with Crippen molar-refractivity contribution < 1.29 is 23.4 Å². The van der Waals surface area contributed by atoms with Crippen LogP contribution in [0, 0.1) is 0 Å². The highest BCUT2D eigenvalue weighted by atomic mass is 19.4. The SMILES string of the molecule is CNCC(O)C(O)c1cc(N)ccc1C(F)(F)F. The fourth-order valence-corrected chi connectivity index (χ4v) is 1.61. The Labute approximate surface area is 102 Å². The minimum Gasteiger partial charge on any atom is -0.399 e. The van der Waals surface area contributed by atoms with E-state index in [4.69, 9.17) is 5.73 Å². The van der Waals surface area contributed by atoms with Crippen LogP contribution in [0.2, 0.25) is 0 Å². The summed E-state index contributed by atoms with van der Waals surface area (Å²) in [5, 5.41) is 21.8. The maximum Gasteiger partial charge on any atom is 0.416 e. The molecule has 0 aromatic heterocycles. The summed E-state index contributed by atoms with van der Waals surface area (Å²) in [7, 11) is 1.51. The number of nitrogens with two attached hydrogens (primary N) is 1. The molecule has 0 saturated carbocycles. The second-order valence-corrected chi connectivity index (χ2v) is 3.91. The van der Waals surface area contributed by atoms with E-state index >= 15 is 0 Å². The van der Waals surface area contributed by atoms with Crippen LogP contribution in [-0.2, 0) is 6.18 Å². The summed E-state index contributed by atoms with van der Waals surface area (Å²) in [4.78, 5) is 0. The van der Waals surface area contributed by atoms with Gasteiger partial charge in [0.05, 0.1) is 11.7 Å². The molecule has 5 N–H and O–H groups in total. The predicted molar refractivity (Wildman–Crippen MR) is 60.7 cm³/mol. The molecule has 0 aliphatic rings. The van der Waals surface area contributed by atoms with Gasteiger partial charge in [0, 0.05) is 12.2 Å². The maximum atomic E-state index is 12.7. The molecular formula is C11H15F3N2O2. The zero-order valence-electron chi connectivity index (χ0n) is 9.70. The fourth-order valence-electron chi connectivity index (χ4n) is 1.61. The summed E-state index contributed by atoms with van der Waals surface area (Å²) < 4.78 is 38.2. The number of nitrogens with one attached hydrogen (secondary N) is 1. The van der Waals surface area contributed by atoms with Crippen LogP contribution in [-0.4, -0.2) is 29.9 Å². The number of hydrogen-bond donors (Lipinski definition) is 4. The fraction of sp³-hybridized carbons (Fsp3) is 0.455. The lowest BCUT2D eigenvalue weighted by molar-refractivity contribution is -0.139. The van der Waals surface area contributed by atoms with Crippen LogP contribution in [0.1, 0.15) is 17.2 Å². The first-order chi connectivity index (χ1) is 8.27. The Bertz CT molecular complexity index is 410. The van der Waals surface area contributed by atoms with Crippen molar-refractivity contribution in [2.45, 2.75) is 18.4 Å². The third-order valence-corrected chi connectivity index (χ3v) is 2.48. The highest BCUT2D eigenvalue weighted by molar-refractivity contribution is 5.47. The van der Waals surface area contributed by atoms with E-state index in [2.05, 4.69) is 5.32 Å². The van der Waals surface area contributed by atoms with Crippen molar-refractivity contribution in [2.24, 2.45) is 0 Å². The molecule has 18 heavy (non-hydrogen) atoms. The normalized spacial score (nSPS) is 15.4. The van der Waals surface area contributed by atoms with E-state index in [1.54, 1.807) is 0 Å². The van der Waals surface area contributed by atoms with Gasteiger partial charge in [-0.1, -0.05) is 0 Å². The Balaban J connectivity index is 3.17. The number of alkyl halides is 3. The van der Waals surface area contributed by atoms with Crippen LogP contribution in [0.25, 0.3) is 0 Å². The summed E-state index contributed by atoms with van der Waals surface area (Å²) >= 11 is 0. The smallest absolute Gasteiger partial charge is 0.399 e. The molecule has 2 unspecified atom stereocenters. The molecule has 2 atom stereocenters. The Morgan fingerprint density at radius 1 is 1.33 bits per heavy atom. The number of benzene rings is 1. The topological polar surface area (TPSA) is 78.5 Å². The van der Waals surface area contributed by atoms with Crippen LogP contribution in [0.3, 0.4) is 0 Å². The minimum atomic E-state index is -4.61. The molecule has 4 nitrogen and oxygen atoms in total. The predicted octanol–water partition coefficient (Wildman–Crippen LogP) is 0.901. The van der Waals surface area contributed by atoms with Crippen molar-refractivity contribution in [3.63, 3.8) is 0 Å². The van der Waals surface area contributed by atoms with E-state index in [-0.39, 0.29) is 12.2 Å². The molecule has 0 aliphatic heterocycles. The molecule has 1 aromatic rings. The molecule has 1 rings (SSSR count). The van der Waals surface area contributed by atoms with Gasteiger partial charge < -0.3 is 21.3 Å². The van der Waals surface area contributed by atoms with Gasteiger partial charge in [-0.2, -0.15) is 13.2 Å². The van der Waals surface area contributed by atoms with Gasteiger partial charge >= 0.3 is 6.18 Å². The molecule has 0 spiro atoms. The summed E-state index contributed by atoms with van der Waals surface area (Å²) in [6, 6.07) is 2.91. The highest BCUT2D eigenvalue weighted by Gasteiger charge is 2.36. The Kier molecular flexibility index (Phi) is 4.55.